The molecule has 0 aliphatic carbocycles. The van der Waals surface area contributed by atoms with E-state index in [1.54, 1.807) is 26.2 Å². The molecular weight excluding hydrogens is 242 g/mol. The van der Waals surface area contributed by atoms with Crippen molar-refractivity contribution in [3.8, 4) is 0 Å². The summed E-state index contributed by atoms with van der Waals surface area (Å²) in [6, 6.07) is 3.38. The van der Waals surface area contributed by atoms with E-state index in [9.17, 15) is 4.79 Å². The number of fused-ring (bicyclic) bond motifs is 1. The number of rotatable bonds is 1. The minimum Gasteiger partial charge on any atom is -0.345 e. The third-order valence-corrected chi connectivity index (χ3v) is 3.24. The van der Waals surface area contributed by atoms with Crippen molar-refractivity contribution in [3.05, 3.63) is 22.7 Å². The molecule has 0 N–H and O–H groups in total. The third kappa shape index (κ3) is 1.93. The maximum atomic E-state index is 11.8. The lowest BCUT2D eigenvalue weighted by molar-refractivity contribution is 0.0828. The van der Waals surface area contributed by atoms with Gasteiger partial charge in [-0.15, -0.1) is 11.3 Å². The number of hydrogen-bond donors (Lipinski definition) is 0. The molecule has 0 fully saturated rings. The van der Waals surface area contributed by atoms with Gasteiger partial charge in [0, 0.05) is 24.6 Å². The third-order valence-electron chi connectivity index (χ3n) is 2.12. The number of hydrogen-bond acceptors (Lipinski definition) is 3. The van der Waals surface area contributed by atoms with Gasteiger partial charge in [0.05, 0.1) is 15.2 Å². The average molecular weight is 251 g/mol. The standard InChI is InChI=1S/C10H8BClN2OS/c1-14(2)9(15)5-3-6(12)8-7(4-5)16-10(11)13-8/h3-4H,1-2H3. The molecule has 16 heavy (non-hydrogen) atoms. The van der Waals surface area contributed by atoms with Gasteiger partial charge in [-0.1, -0.05) is 11.6 Å². The van der Waals surface area contributed by atoms with Gasteiger partial charge in [-0.2, -0.15) is 0 Å². The highest BCUT2D eigenvalue weighted by atomic mass is 35.5. The van der Waals surface area contributed by atoms with Crippen LogP contribution in [0.1, 0.15) is 10.4 Å². The molecule has 2 rings (SSSR count). The van der Waals surface area contributed by atoms with Gasteiger partial charge in [-0.25, -0.2) is 0 Å². The molecule has 0 aliphatic rings. The van der Waals surface area contributed by atoms with Crippen LogP contribution in [0, 0.1) is 0 Å². The van der Waals surface area contributed by atoms with E-state index in [0.29, 0.717) is 21.0 Å². The molecule has 0 bridgehead atoms. The second-order valence-corrected chi connectivity index (χ2v) is 5.03. The van der Waals surface area contributed by atoms with Crippen molar-refractivity contribution in [2.75, 3.05) is 14.1 Å². The number of thiazole rings is 1. The predicted molar refractivity (Wildman–Crippen MR) is 68.0 cm³/mol. The topological polar surface area (TPSA) is 33.2 Å². The maximum Gasteiger partial charge on any atom is 0.253 e. The van der Waals surface area contributed by atoms with E-state index in [1.165, 1.54) is 16.2 Å². The minimum atomic E-state index is -0.0872. The molecule has 1 aromatic carbocycles. The summed E-state index contributed by atoms with van der Waals surface area (Å²) in [4.78, 5) is 17.8. The summed E-state index contributed by atoms with van der Waals surface area (Å²) in [5.74, 6) is -0.0872. The van der Waals surface area contributed by atoms with Crippen molar-refractivity contribution in [2.24, 2.45) is 0 Å². The Kier molecular flexibility index (Phi) is 2.91. The number of amides is 1. The van der Waals surface area contributed by atoms with Crippen LogP contribution in [0.2, 0.25) is 5.02 Å². The molecule has 3 nitrogen and oxygen atoms in total. The van der Waals surface area contributed by atoms with Crippen molar-refractivity contribution in [1.29, 1.82) is 0 Å². The summed E-state index contributed by atoms with van der Waals surface area (Å²) in [6.45, 7) is 0. The Balaban J connectivity index is 2.61. The van der Waals surface area contributed by atoms with Crippen molar-refractivity contribution in [1.82, 2.24) is 9.88 Å². The Morgan fingerprint density at radius 3 is 2.81 bits per heavy atom. The summed E-state index contributed by atoms with van der Waals surface area (Å²) >= 11 is 7.36. The van der Waals surface area contributed by atoms with E-state index in [-0.39, 0.29) is 5.91 Å². The Bertz CT molecular complexity index is 567. The molecule has 80 valence electrons. The molecule has 2 aromatic rings. The van der Waals surface area contributed by atoms with E-state index in [1.807, 2.05) is 0 Å². The predicted octanol–water partition coefficient (Wildman–Crippen LogP) is 1.45. The van der Waals surface area contributed by atoms with Crippen LogP contribution in [0.25, 0.3) is 10.2 Å². The van der Waals surface area contributed by atoms with Crippen LogP contribution in [0.4, 0.5) is 0 Å². The van der Waals surface area contributed by atoms with Gasteiger partial charge in [-0.05, 0) is 12.1 Å². The van der Waals surface area contributed by atoms with Crippen LogP contribution in [0.3, 0.4) is 0 Å². The lowest BCUT2D eigenvalue weighted by Gasteiger charge is -2.10. The smallest absolute Gasteiger partial charge is 0.253 e. The molecule has 6 heteroatoms. The molecule has 1 amide bonds. The van der Waals surface area contributed by atoms with Gasteiger partial charge in [0.25, 0.3) is 5.91 Å². The van der Waals surface area contributed by atoms with Crippen LogP contribution < -0.4 is 4.91 Å². The van der Waals surface area contributed by atoms with Crippen molar-refractivity contribution >= 4 is 51.8 Å². The van der Waals surface area contributed by atoms with Crippen molar-refractivity contribution < 1.29 is 4.79 Å². The molecule has 0 atom stereocenters. The quantitative estimate of drug-likeness (QED) is 0.718. The minimum absolute atomic E-state index is 0.0872. The van der Waals surface area contributed by atoms with Crippen LogP contribution in [-0.4, -0.2) is 37.7 Å². The first-order valence-electron chi connectivity index (χ1n) is 4.56. The molecule has 0 saturated carbocycles. The van der Waals surface area contributed by atoms with Gasteiger partial charge in [0.15, 0.2) is 7.85 Å². The van der Waals surface area contributed by atoms with Gasteiger partial charge < -0.3 is 4.90 Å². The molecule has 2 radical (unpaired) electrons. The van der Waals surface area contributed by atoms with Crippen LogP contribution in [0.5, 0.6) is 0 Å². The first-order chi connectivity index (χ1) is 7.49. The highest BCUT2D eigenvalue weighted by molar-refractivity contribution is 7.25. The molecule has 0 aliphatic heterocycles. The lowest BCUT2D eigenvalue weighted by atomic mass is 10.2. The summed E-state index contributed by atoms with van der Waals surface area (Å²) in [5, 5.41) is 0.454. The molecule has 0 unspecified atom stereocenters. The zero-order chi connectivity index (χ0) is 11.9. The van der Waals surface area contributed by atoms with Crippen LogP contribution in [0.15, 0.2) is 12.1 Å². The van der Waals surface area contributed by atoms with Gasteiger partial charge in [0.1, 0.15) is 0 Å². The fraction of sp³-hybridized carbons (Fsp3) is 0.200. The maximum absolute atomic E-state index is 11.8. The lowest BCUT2D eigenvalue weighted by Crippen LogP contribution is -2.21. The zero-order valence-corrected chi connectivity index (χ0v) is 10.4. The Labute approximate surface area is 103 Å². The van der Waals surface area contributed by atoms with E-state index in [0.717, 1.165) is 4.70 Å². The number of nitrogens with zero attached hydrogens (tertiary/aromatic N) is 2. The number of carbonyl (C=O) groups is 1. The fourth-order valence-corrected chi connectivity index (χ4v) is 2.51. The Hall–Kier alpha value is -1.07. The summed E-state index contributed by atoms with van der Waals surface area (Å²) in [7, 11) is 8.99. The van der Waals surface area contributed by atoms with E-state index in [4.69, 9.17) is 19.4 Å². The van der Waals surface area contributed by atoms with E-state index >= 15 is 0 Å². The highest BCUT2D eigenvalue weighted by Crippen LogP contribution is 2.26. The van der Waals surface area contributed by atoms with Crippen LogP contribution >= 0.6 is 22.9 Å². The van der Waals surface area contributed by atoms with Crippen molar-refractivity contribution in [2.45, 2.75) is 0 Å². The fourth-order valence-electron chi connectivity index (χ4n) is 1.39. The molecule has 0 spiro atoms. The van der Waals surface area contributed by atoms with E-state index < -0.39 is 0 Å². The summed E-state index contributed by atoms with van der Waals surface area (Å²) in [5.41, 5.74) is 1.20. The van der Waals surface area contributed by atoms with E-state index in [2.05, 4.69) is 4.98 Å². The first-order valence-corrected chi connectivity index (χ1v) is 5.75. The van der Waals surface area contributed by atoms with Gasteiger partial charge in [0.2, 0.25) is 0 Å². The number of carbonyl (C=O) groups excluding carboxylic acids is 1. The normalized spacial score (nSPS) is 10.7. The second kappa shape index (κ2) is 4.07. The van der Waals surface area contributed by atoms with Crippen molar-refractivity contribution in [3.63, 3.8) is 0 Å². The SMILES string of the molecule is [B]c1nc2c(Cl)cc(C(=O)N(C)C)cc2s1. The van der Waals surface area contributed by atoms with Gasteiger partial charge in [-0.3, -0.25) is 9.78 Å². The number of benzene rings is 1. The molecular formula is C10H8BClN2OS. The second-order valence-electron chi connectivity index (χ2n) is 3.56. The summed E-state index contributed by atoms with van der Waals surface area (Å²) < 4.78 is 0.829. The van der Waals surface area contributed by atoms with Crippen LogP contribution in [-0.2, 0) is 0 Å². The molecule has 1 heterocycles. The number of aromatic nitrogens is 1. The summed E-state index contributed by atoms with van der Waals surface area (Å²) in [6.07, 6.45) is 0. The number of halogens is 1. The molecule has 1 aromatic heterocycles. The average Bonchev–Trinajstić information content (AvgIpc) is 2.57. The first kappa shape index (κ1) is 11.4. The highest BCUT2D eigenvalue weighted by Gasteiger charge is 2.13. The Morgan fingerprint density at radius 2 is 2.19 bits per heavy atom. The zero-order valence-electron chi connectivity index (χ0n) is 8.82. The largest absolute Gasteiger partial charge is 0.345 e. The molecule has 0 saturated heterocycles. The van der Waals surface area contributed by atoms with Gasteiger partial charge >= 0.3 is 0 Å². The Morgan fingerprint density at radius 1 is 1.50 bits per heavy atom. The monoisotopic (exact) mass is 250 g/mol.